The first-order valence-corrected chi connectivity index (χ1v) is 5.56. The SMILES string of the molecule is CCn1cc(Nc2nc(N)cc(Br)n2)cn1. The second-order valence-electron chi connectivity index (χ2n) is 3.15. The summed E-state index contributed by atoms with van der Waals surface area (Å²) < 4.78 is 2.45. The predicted molar refractivity (Wildman–Crippen MR) is 65.3 cm³/mol. The summed E-state index contributed by atoms with van der Waals surface area (Å²) in [5.74, 6) is 0.856. The van der Waals surface area contributed by atoms with Crippen molar-refractivity contribution in [3.8, 4) is 0 Å². The van der Waals surface area contributed by atoms with Crippen LogP contribution < -0.4 is 11.1 Å². The Morgan fingerprint density at radius 2 is 2.31 bits per heavy atom. The lowest BCUT2D eigenvalue weighted by Gasteiger charge is -2.02. The maximum Gasteiger partial charge on any atom is 0.230 e. The molecule has 0 fully saturated rings. The number of nitrogens with two attached hydrogens (primary N) is 1. The summed E-state index contributed by atoms with van der Waals surface area (Å²) in [5.41, 5.74) is 6.44. The van der Waals surface area contributed by atoms with Crippen LogP contribution in [0, 0.1) is 0 Å². The van der Waals surface area contributed by atoms with E-state index in [0.29, 0.717) is 16.4 Å². The smallest absolute Gasteiger partial charge is 0.230 e. The Kier molecular flexibility index (Phi) is 3.04. The van der Waals surface area contributed by atoms with Crippen LogP contribution in [0.15, 0.2) is 23.1 Å². The molecule has 0 bridgehead atoms. The van der Waals surface area contributed by atoms with Gasteiger partial charge in [-0.05, 0) is 22.9 Å². The Hall–Kier alpha value is -1.63. The summed E-state index contributed by atoms with van der Waals surface area (Å²) in [6, 6.07) is 1.64. The molecule has 0 unspecified atom stereocenters. The van der Waals surface area contributed by atoms with E-state index in [9.17, 15) is 0 Å². The Bertz CT molecular complexity index is 474. The minimum atomic E-state index is 0.409. The number of aromatic nitrogens is 4. The van der Waals surface area contributed by atoms with Crippen molar-refractivity contribution in [1.82, 2.24) is 19.7 Å². The maximum atomic E-state index is 5.60. The Morgan fingerprint density at radius 1 is 1.50 bits per heavy atom. The van der Waals surface area contributed by atoms with Gasteiger partial charge < -0.3 is 11.1 Å². The summed E-state index contributed by atoms with van der Waals surface area (Å²) in [7, 11) is 0. The highest BCUT2D eigenvalue weighted by Crippen LogP contribution is 2.16. The van der Waals surface area contributed by atoms with Crippen molar-refractivity contribution in [2.24, 2.45) is 0 Å². The highest BCUT2D eigenvalue weighted by Gasteiger charge is 2.02. The number of hydrogen-bond donors (Lipinski definition) is 2. The molecular formula is C9H11BrN6. The van der Waals surface area contributed by atoms with E-state index < -0.39 is 0 Å². The summed E-state index contributed by atoms with van der Waals surface area (Å²) >= 11 is 3.25. The first kappa shape index (κ1) is 10.9. The number of rotatable bonds is 3. The molecule has 0 spiro atoms. The molecule has 3 N–H and O–H groups in total. The van der Waals surface area contributed by atoms with Crippen LogP contribution in [-0.4, -0.2) is 19.7 Å². The number of aryl methyl sites for hydroxylation is 1. The predicted octanol–water partition coefficient (Wildman–Crippen LogP) is 1.78. The van der Waals surface area contributed by atoms with Gasteiger partial charge in [0.1, 0.15) is 10.4 Å². The van der Waals surface area contributed by atoms with Gasteiger partial charge in [0.15, 0.2) is 0 Å². The minimum Gasteiger partial charge on any atom is -0.383 e. The zero-order chi connectivity index (χ0) is 11.5. The molecule has 0 aliphatic heterocycles. The number of anilines is 3. The molecule has 2 aromatic rings. The molecule has 16 heavy (non-hydrogen) atoms. The molecule has 2 heterocycles. The molecule has 0 atom stereocenters. The van der Waals surface area contributed by atoms with Crippen LogP contribution in [0.25, 0.3) is 0 Å². The third-order valence-corrected chi connectivity index (χ3v) is 2.33. The van der Waals surface area contributed by atoms with E-state index in [1.807, 2.05) is 17.8 Å². The quantitative estimate of drug-likeness (QED) is 0.839. The molecule has 0 saturated carbocycles. The second kappa shape index (κ2) is 4.48. The highest BCUT2D eigenvalue weighted by atomic mass is 79.9. The van der Waals surface area contributed by atoms with Gasteiger partial charge in [-0.2, -0.15) is 10.1 Å². The van der Waals surface area contributed by atoms with Crippen molar-refractivity contribution < 1.29 is 0 Å². The van der Waals surface area contributed by atoms with Crippen molar-refractivity contribution in [1.29, 1.82) is 0 Å². The standard InChI is InChI=1S/C9H11BrN6/c1-2-16-5-6(4-12-16)13-9-14-7(10)3-8(11)15-9/h3-5H,2H2,1H3,(H3,11,13,14,15). The molecule has 0 radical (unpaired) electrons. The zero-order valence-corrected chi connectivity index (χ0v) is 10.3. The largest absolute Gasteiger partial charge is 0.383 e. The van der Waals surface area contributed by atoms with Gasteiger partial charge in [0.25, 0.3) is 0 Å². The van der Waals surface area contributed by atoms with Crippen LogP contribution in [0.4, 0.5) is 17.5 Å². The summed E-state index contributed by atoms with van der Waals surface area (Å²) in [6.07, 6.45) is 3.59. The van der Waals surface area contributed by atoms with Gasteiger partial charge in [0.05, 0.1) is 11.9 Å². The molecule has 0 aromatic carbocycles. The number of nitrogens with one attached hydrogen (secondary N) is 1. The lowest BCUT2D eigenvalue weighted by Crippen LogP contribution is -2.00. The molecule has 84 valence electrons. The van der Waals surface area contributed by atoms with Gasteiger partial charge in [0, 0.05) is 18.8 Å². The van der Waals surface area contributed by atoms with Crippen LogP contribution >= 0.6 is 15.9 Å². The Morgan fingerprint density at radius 3 is 2.94 bits per heavy atom. The average Bonchev–Trinajstić information content (AvgIpc) is 2.64. The van der Waals surface area contributed by atoms with Crippen LogP contribution in [0.1, 0.15) is 6.92 Å². The maximum absolute atomic E-state index is 5.60. The van der Waals surface area contributed by atoms with E-state index in [4.69, 9.17) is 5.73 Å². The third-order valence-electron chi connectivity index (χ3n) is 1.93. The van der Waals surface area contributed by atoms with E-state index in [1.54, 1.807) is 12.3 Å². The lowest BCUT2D eigenvalue weighted by molar-refractivity contribution is 0.660. The van der Waals surface area contributed by atoms with E-state index >= 15 is 0 Å². The number of hydrogen-bond acceptors (Lipinski definition) is 5. The van der Waals surface area contributed by atoms with Crippen LogP contribution in [-0.2, 0) is 6.54 Å². The van der Waals surface area contributed by atoms with Gasteiger partial charge >= 0.3 is 0 Å². The fourth-order valence-corrected chi connectivity index (χ4v) is 1.62. The number of nitrogens with zero attached hydrogens (tertiary/aromatic N) is 4. The van der Waals surface area contributed by atoms with E-state index in [2.05, 4.69) is 36.3 Å². The molecule has 0 saturated heterocycles. The third kappa shape index (κ3) is 2.48. The average molecular weight is 283 g/mol. The summed E-state index contributed by atoms with van der Waals surface area (Å²) in [4.78, 5) is 8.19. The molecule has 0 aliphatic carbocycles. The van der Waals surface area contributed by atoms with Gasteiger partial charge in [0.2, 0.25) is 5.95 Å². The van der Waals surface area contributed by atoms with Crippen molar-refractivity contribution in [3.05, 3.63) is 23.1 Å². The summed E-state index contributed by atoms with van der Waals surface area (Å²) in [5, 5.41) is 7.16. The number of halogens is 1. The number of nitrogen functional groups attached to an aromatic ring is 1. The Labute approximate surface area is 101 Å². The molecule has 2 rings (SSSR count). The second-order valence-corrected chi connectivity index (χ2v) is 3.96. The first-order chi connectivity index (χ1) is 7.67. The minimum absolute atomic E-state index is 0.409. The van der Waals surface area contributed by atoms with Gasteiger partial charge in [-0.25, -0.2) is 4.98 Å². The Balaban J connectivity index is 2.19. The van der Waals surface area contributed by atoms with Crippen molar-refractivity contribution in [3.63, 3.8) is 0 Å². The fraction of sp³-hybridized carbons (Fsp3) is 0.222. The summed E-state index contributed by atoms with van der Waals surface area (Å²) in [6.45, 7) is 2.84. The van der Waals surface area contributed by atoms with Crippen molar-refractivity contribution in [2.45, 2.75) is 13.5 Å². The molecule has 6 nitrogen and oxygen atoms in total. The highest BCUT2D eigenvalue weighted by molar-refractivity contribution is 9.10. The van der Waals surface area contributed by atoms with Crippen LogP contribution in [0.2, 0.25) is 0 Å². The zero-order valence-electron chi connectivity index (χ0n) is 8.68. The molecule has 0 amide bonds. The van der Waals surface area contributed by atoms with Gasteiger partial charge in [-0.1, -0.05) is 0 Å². The van der Waals surface area contributed by atoms with Crippen molar-refractivity contribution in [2.75, 3.05) is 11.1 Å². The van der Waals surface area contributed by atoms with Crippen LogP contribution in [0.3, 0.4) is 0 Å². The molecule has 2 aromatic heterocycles. The molecule has 0 aliphatic rings. The topological polar surface area (TPSA) is 81.7 Å². The van der Waals surface area contributed by atoms with Gasteiger partial charge in [-0.15, -0.1) is 0 Å². The van der Waals surface area contributed by atoms with Crippen LogP contribution in [0.5, 0.6) is 0 Å². The lowest BCUT2D eigenvalue weighted by atomic mass is 10.5. The van der Waals surface area contributed by atoms with E-state index in [1.165, 1.54) is 0 Å². The van der Waals surface area contributed by atoms with Crippen molar-refractivity contribution >= 4 is 33.4 Å². The molecular weight excluding hydrogens is 272 g/mol. The normalized spacial score (nSPS) is 10.4. The first-order valence-electron chi connectivity index (χ1n) is 4.77. The van der Waals surface area contributed by atoms with Gasteiger partial charge in [-0.3, -0.25) is 4.68 Å². The van der Waals surface area contributed by atoms with E-state index in [-0.39, 0.29) is 0 Å². The van der Waals surface area contributed by atoms with E-state index in [0.717, 1.165) is 12.2 Å². The molecule has 7 heteroatoms. The monoisotopic (exact) mass is 282 g/mol. The fourth-order valence-electron chi connectivity index (χ4n) is 1.22.